The van der Waals surface area contributed by atoms with Gasteiger partial charge in [0.2, 0.25) is 5.95 Å². The van der Waals surface area contributed by atoms with Gasteiger partial charge in [-0.05, 0) is 43.9 Å². The lowest BCUT2D eigenvalue weighted by molar-refractivity contribution is 0.319. The molecule has 0 N–H and O–H groups in total. The highest BCUT2D eigenvalue weighted by molar-refractivity contribution is 5.35. The fraction of sp³-hybridized carbons (Fsp3) is 0.529. The van der Waals surface area contributed by atoms with E-state index in [0.29, 0.717) is 5.92 Å². The van der Waals surface area contributed by atoms with Crippen LogP contribution in [0.1, 0.15) is 49.9 Å². The molecule has 21 heavy (non-hydrogen) atoms. The second kappa shape index (κ2) is 5.88. The number of aryl methyl sites for hydroxylation is 2. The van der Waals surface area contributed by atoms with E-state index in [1.807, 2.05) is 19.2 Å². The fourth-order valence-corrected chi connectivity index (χ4v) is 2.99. The summed E-state index contributed by atoms with van der Waals surface area (Å²) in [5.74, 6) is 3.62. The van der Waals surface area contributed by atoms with E-state index in [4.69, 9.17) is 4.42 Å². The second-order valence-electron chi connectivity index (χ2n) is 5.99. The Morgan fingerprint density at radius 1 is 1.33 bits per heavy atom. The van der Waals surface area contributed by atoms with E-state index in [2.05, 4.69) is 40.8 Å². The molecule has 2 aromatic heterocycles. The van der Waals surface area contributed by atoms with E-state index in [0.717, 1.165) is 42.5 Å². The molecule has 0 amide bonds. The zero-order valence-electron chi connectivity index (χ0n) is 13.0. The summed E-state index contributed by atoms with van der Waals surface area (Å²) in [6, 6.07) is 6.39. The van der Waals surface area contributed by atoms with Crippen LogP contribution in [-0.2, 0) is 6.42 Å². The standard InChI is InChI=1S/C17H23N3O/c1-4-14-5-6-16(21-14)15-11-12(2)8-10-20(15)17-18-9-7-13(3)19-17/h5-7,9,12,15H,4,8,10-11H2,1-3H3. The van der Waals surface area contributed by atoms with Gasteiger partial charge in [-0.1, -0.05) is 13.8 Å². The van der Waals surface area contributed by atoms with Gasteiger partial charge in [-0.15, -0.1) is 0 Å². The van der Waals surface area contributed by atoms with Crippen LogP contribution in [0.15, 0.2) is 28.8 Å². The number of piperidine rings is 1. The molecule has 3 rings (SSSR count). The van der Waals surface area contributed by atoms with Crippen molar-refractivity contribution in [2.24, 2.45) is 5.92 Å². The highest BCUT2D eigenvalue weighted by atomic mass is 16.3. The van der Waals surface area contributed by atoms with Gasteiger partial charge in [0.05, 0.1) is 6.04 Å². The maximum atomic E-state index is 6.01. The number of aromatic nitrogens is 2. The highest BCUT2D eigenvalue weighted by Crippen LogP contribution is 2.36. The van der Waals surface area contributed by atoms with E-state index >= 15 is 0 Å². The number of hydrogen-bond acceptors (Lipinski definition) is 4. The summed E-state index contributed by atoms with van der Waals surface area (Å²) >= 11 is 0. The van der Waals surface area contributed by atoms with E-state index in [-0.39, 0.29) is 6.04 Å². The zero-order chi connectivity index (χ0) is 14.8. The molecular weight excluding hydrogens is 262 g/mol. The van der Waals surface area contributed by atoms with E-state index in [9.17, 15) is 0 Å². The number of hydrogen-bond donors (Lipinski definition) is 0. The largest absolute Gasteiger partial charge is 0.464 e. The molecule has 0 aromatic carbocycles. The van der Waals surface area contributed by atoms with Gasteiger partial charge in [0, 0.05) is 24.9 Å². The number of anilines is 1. The minimum atomic E-state index is 0.246. The molecule has 2 aromatic rings. The normalized spacial score (nSPS) is 22.5. The lowest BCUT2D eigenvalue weighted by atomic mass is 9.91. The van der Waals surface area contributed by atoms with Gasteiger partial charge >= 0.3 is 0 Å². The van der Waals surface area contributed by atoms with Crippen LogP contribution < -0.4 is 4.90 Å². The monoisotopic (exact) mass is 285 g/mol. The van der Waals surface area contributed by atoms with Crippen molar-refractivity contribution in [3.8, 4) is 0 Å². The van der Waals surface area contributed by atoms with Crippen molar-refractivity contribution in [1.82, 2.24) is 9.97 Å². The summed E-state index contributed by atoms with van der Waals surface area (Å²) in [5.41, 5.74) is 1.01. The molecule has 4 heteroatoms. The van der Waals surface area contributed by atoms with Gasteiger partial charge in [0.15, 0.2) is 0 Å². The third kappa shape index (κ3) is 2.94. The van der Waals surface area contributed by atoms with Crippen molar-refractivity contribution in [3.05, 3.63) is 41.6 Å². The Balaban J connectivity index is 1.93. The summed E-state index contributed by atoms with van der Waals surface area (Å²) in [6.07, 6.45) is 5.04. The Morgan fingerprint density at radius 3 is 2.90 bits per heavy atom. The molecule has 3 heterocycles. The first kappa shape index (κ1) is 14.1. The first-order valence-corrected chi connectivity index (χ1v) is 7.82. The molecule has 2 atom stereocenters. The lowest BCUT2D eigenvalue weighted by Crippen LogP contribution is -2.37. The van der Waals surface area contributed by atoms with Crippen LogP contribution in [0.5, 0.6) is 0 Å². The van der Waals surface area contributed by atoms with Crippen molar-refractivity contribution < 1.29 is 4.42 Å². The number of rotatable bonds is 3. The second-order valence-corrected chi connectivity index (χ2v) is 5.99. The summed E-state index contributed by atoms with van der Waals surface area (Å²) in [4.78, 5) is 11.4. The van der Waals surface area contributed by atoms with Gasteiger partial charge in [0.25, 0.3) is 0 Å². The summed E-state index contributed by atoms with van der Waals surface area (Å²) < 4.78 is 6.01. The molecule has 0 bridgehead atoms. The predicted octanol–water partition coefficient (Wildman–Crippen LogP) is 3.92. The molecule has 112 valence electrons. The molecule has 4 nitrogen and oxygen atoms in total. The SMILES string of the molecule is CCc1ccc(C2CC(C)CCN2c2nccc(C)n2)o1. The Labute approximate surface area is 126 Å². The van der Waals surface area contributed by atoms with Crippen molar-refractivity contribution in [2.45, 2.75) is 46.1 Å². The minimum absolute atomic E-state index is 0.246. The topological polar surface area (TPSA) is 42.2 Å². The molecule has 1 aliphatic rings. The summed E-state index contributed by atoms with van der Waals surface area (Å²) in [6.45, 7) is 7.42. The maximum Gasteiger partial charge on any atom is 0.226 e. The minimum Gasteiger partial charge on any atom is -0.464 e. The quantitative estimate of drug-likeness (QED) is 0.857. The van der Waals surface area contributed by atoms with Crippen LogP contribution in [-0.4, -0.2) is 16.5 Å². The van der Waals surface area contributed by atoms with Crippen LogP contribution in [0.3, 0.4) is 0 Å². The average molecular weight is 285 g/mol. The van der Waals surface area contributed by atoms with Gasteiger partial charge in [0.1, 0.15) is 11.5 Å². The van der Waals surface area contributed by atoms with Crippen LogP contribution in [0.2, 0.25) is 0 Å². The molecule has 0 spiro atoms. The van der Waals surface area contributed by atoms with Gasteiger partial charge in [-0.2, -0.15) is 0 Å². The van der Waals surface area contributed by atoms with Gasteiger partial charge < -0.3 is 9.32 Å². The number of nitrogens with zero attached hydrogens (tertiary/aromatic N) is 3. The van der Waals surface area contributed by atoms with Gasteiger partial charge in [-0.25, -0.2) is 9.97 Å². The predicted molar refractivity (Wildman–Crippen MR) is 83.3 cm³/mol. The van der Waals surface area contributed by atoms with Gasteiger partial charge in [-0.3, -0.25) is 0 Å². The molecule has 0 radical (unpaired) electrons. The Morgan fingerprint density at radius 2 is 2.19 bits per heavy atom. The molecule has 1 aliphatic heterocycles. The molecular formula is C17H23N3O. The Kier molecular flexibility index (Phi) is 3.95. The van der Waals surface area contributed by atoms with E-state index in [1.165, 1.54) is 6.42 Å². The van der Waals surface area contributed by atoms with Crippen LogP contribution in [0.4, 0.5) is 5.95 Å². The zero-order valence-corrected chi connectivity index (χ0v) is 13.0. The fourth-order valence-electron chi connectivity index (χ4n) is 2.99. The Hall–Kier alpha value is -1.84. The molecule has 2 unspecified atom stereocenters. The van der Waals surface area contributed by atoms with Crippen molar-refractivity contribution in [1.29, 1.82) is 0 Å². The highest BCUT2D eigenvalue weighted by Gasteiger charge is 2.31. The van der Waals surface area contributed by atoms with Crippen molar-refractivity contribution in [3.63, 3.8) is 0 Å². The van der Waals surface area contributed by atoms with Crippen LogP contribution >= 0.6 is 0 Å². The summed E-state index contributed by atoms with van der Waals surface area (Å²) in [7, 11) is 0. The third-order valence-corrected chi connectivity index (χ3v) is 4.26. The first-order chi connectivity index (χ1) is 10.2. The van der Waals surface area contributed by atoms with E-state index in [1.54, 1.807) is 0 Å². The molecule has 1 fully saturated rings. The third-order valence-electron chi connectivity index (χ3n) is 4.26. The molecule has 1 saturated heterocycles. The summed E-state index contributed by atoms with van der Waals surface area (Å²) in [5, 5.41) is 0. The Bertz CT molecular complexity index is 608. The maximum absolute atomic E-state index is 6.01. The lowest BCUT2D eigenvalue weighted by Gasteiger charge is -2.37. The average Bonchev–Trinajstić information content (AvgIpc) is 2.96. The van der Waals surface area contributed by atoms with Crippen LogP contribution in [0, 0.1) is 12.8 Å². The van der Waals surface area contributed by atoms with Crippen LogP contribution in [0.25, 0.3) is 0 Å². The first-order valence-electron chi connectivity index (χ1n) is 7.82. The molecule has 0 saturated carbocycles. The smallest absolute Gasteiger partial charge is 0.226 e. The van der Waals surface area contributed by atoms with Crippen molar-refractivity contribution >= 4 is 5.95 Å². The number of furan rings is 1. The van der Waals surface area contributed by atoms with E-state index < -0.39 is 0 Å². The van der Waals surface area contributed by atoms with Crippen molar-refractivity contribution in [2.75, 3.05) is 11.4 Å². The molecule has 0 aliphatic carbocycles.